The third-order valence-corrected chi connectivity index (χ3v) is 5.23. The quantitative estimate of drug-likeness (QED) is 0.678. The SMILES string of the molecule is Cc1ccc(C(C)(C)C)cc1S(=O)(=O)N[C@H](CCC(N)=O)C(=O)O. The molecular formula is C16H24N2O5S. The Morgan fingerprint density at radius 3 is 2.33 bits per heavy atom. The average molecular weight is 356 g/mol. The van der Waals surface area contributed by atoms with Crippen LogP contribution in [0.15, 0.2) is 23.1 Å². The summed E-state index contributed by atoms with van der Waals surface area (Å²) in [7, 11) is -4.05. The molecule has 4 N–H and O–H groups in total. The van der Waals surface area contributed by atoms with Crippen LogP contribution in [0.1, 0.15) is 44.7 Å². The normalized spacial score (nSPS) is 13.5. The Balaban J connectivity index is 3.19. The first-order valence-electron chi connectivity index (χ1n) is 7.49. The number of hydrogen-bond donors (Lipinski definition) is 3. The molecule has 7 nitrogen and oxygen atoms in total. The van der Waals surface area contributed by atoms with Crippen LogP contribution in [0.4, 0.5) is 0 Å². The van der Waals surface area contributed by atoms with Crippen LogP contribution in [0, 0.1) is 6.92 Å². The number of amides is 1. The summed E-state index contributed by atoms with van der Waals surface area (Å²) in [5, 5.41) is 9.17. The lowest BCUT2D eigenvalue weighted by molar-refractivity contribution is -0.139. The number of rotatable bonds is 7. The van der Waals surface area contributed by atoms with E-state index < -0.39 is 27.9 Å². The number of hydrogen-bond acceptors (Lipinski definition) is 4. The zero-order chi connectivity index (χ0) is 18.7. The van der Waals surface area contributed by atoms with Crippen molar-refractivity contribution in [3.05, 3.63) is 29.3 Å². The van der Waals surface area contributed by atoms with Crippen LogP contribution >= 0.6 is 0 Å². The lowest BCUT2D eigenvalue weighted by Crippen LogP contribution is -2.41. The molecule has 0 aromatic heterocycles. The van der Waals surface area contributed by atoms with Crippen LogP contribution in [0.25, 0.3) is 0 Å². The number of carboxylic acid groups (broad SMARTS) is 1. The van der Waals surface area contributed by atoms with Gasteiger partial charge in [-0.2, -0.15) is 4.72 Å². The van der Waals surface area contributed by atoms with Crippen molar-refractivity contribution in [3.8, 4) is 0 Å². The Hall–Kier alpha value is -1.93. The zero-order valence-corrected chi connectivity index (χ0v) is 15.1. The summed E-state index contributed by atoms with van der Waals surface area (Å²) in [4.78, 5) is 22.1. The van der Waals surface area contributed by atoms with Gasteiger partial charge in [-0.15, -0.1) is 0 Å². The van der Waals surface area contributed by atoms with Gasteiger partial charge < -0.3 is 10.8 Å². The van der Waals surface area contributed by atoms with Crippen molar-refractivity contribution < 1.29 is 23.1 Å². The van der Waals surface area contributed by atoms with Crippen molar-refractivity contribution >= 4 is 21.9 Å². The highest BCUT2D eigenvalue weighted by molar-refractivity contribution is 7.89. The smallest absolute Gasteiger partial charge is 0.321 e. The van der Waals surface area contributed by atoms with E-state index >= 15 is 0 Å². The summed E-state index contributed by atoms with van der Waals surface area (Å²) in [5.41, 5.74) is 6.07. The van der Waals surface area contributed by atoms with E-state index in [4.69, 9.17) is 5.73 Å². The number of aliphatic carboxylic acids is 1. The van der Waals surface area contributed by atoms with E-state index in [2.05, 4.69) is 4.72 Å². The fourth-order valence-electron chi connectivity index (χ4n) is 2.13. The van der Waals surface area contributed by atoms with E-state index in [9.17, 15) is 23.1 Å². The second-order valence-corrected chi connectivity index (χ2v) is 8.43. The maximum Gasteiger partial charge on any atom is 0.321 e. The summed E-state index contributed by atoms with van der Waals surface area (Å²) in [6.07, 6.45) is -0.428. The van der Waals surface area contributed by atoms with Crippen molar-refractivity contribution in [1.82, 2.24) is 4.72 Å². The van der Waals surface area contributed by atoms with E-state index in [0.29, 0.717) is 5.56 Å². The number of nitrogens with one attached hydrogen (secondary N) is 1. The Kier molecular flexibility index (Phi) is 6.13. The first-order valence-corrected chi connectivity index (χ1v) is 8.97. The molecule has 8 heteroatoms. The highest BCUT2D eigenvalue weighted by Gasteiger charge is 2.28. The molecule has 0 heterocycles. The number of sulfonamides is 1. The van der Waals surface area contributed by atoms with Gasteiger partial charge in [0.25, 0.3) is 0 Å². The van der Waals surface area contributed by atoms with Gasteiger partial charge in [0.15, 0.2) is 0 Å². The van der Waals surface area contributed by atoms with Crippen molar-refractivity contribution in [3.63, 3.8) is 0 Å². The van der Waals surface area contributed by atoms with Crippen LogP contribution in [-0.2, 0) is 25.0 Å². The Morgan fingerprint density at radius 2 is 1.88 bits per heavy atom. The summed E-state index contributed by atoms with van der Waals surface area (Å²) >= 11 is 0. The monoisotopic (exact) mass is 356 g/mol. The van der Waals surface area contributed by atoms with Gasteiger partial charge in [-0.05, 0) is 36.0 Å². The predicted octanol–water partition coefficient (Wildman–Crippen LogP) is 1.29. The molecule has 0 bridgehead atoms. The first-order chi connectivity index (χ1) is 10.8. The molecule has 1 aromatic rings. The van der Waals surface area contributed by atoms with Gasteiger partial charge in [0.05, 0.1) is 4.90 Å². The summed E-state index contributed by atoms with van der Waals surface area (Å²) < 4.78 is 27.4. The molecule has 0 unspecified atom stereocenters. The minimum absolute atomic E-state index is 0.0280. The van der Waals surface area contributed by atoms with E-state index in [1.165, 1.54) is 0 Å². The van der Waals surface area contributed by atoms with Crippen molar-refractivity contribution in [2.45, 2.75) is 56.9 Å². The van der Waals surface area contributed by atoms with Gasteiger partial charge in [-0.3, -0.25) is 9.59 Å². The molecule has 0 fully saturated rings. The fourth-order valence-corrected chi connectivity index (χ4v) is 3.62. The molecule has 0 saturated carbocycles. The standard InChI is InChI=1S/C16H24N2O5S/c1-10-5-6-11(16(2,3)4)9-13(10)24(22,23)18-12(15(20)21)7-8-14(17)19/h5-6,9,12,18H,7-8H2,1-4H3,(H2,17,19)(H,20,21)/t12-/m1/s1. The van der Waals surface area contributed by atoms with Gasteiger partial charge >= 0.3 is 5.97 Å². The van der Waals surface area contributed by atoms with Gasteiger partial charge in [0.1, 0.15) is 6.04 Å². The first kappa shape index (κ1) is 20.1. The van der Waals surface area contributed by atoms with Crippen molar-refractivity contribution in [2.24, 2.45) is 5.73 Å². The molecular weight excluding hydrogens is 332 g/mol. The van der Waals surface area contributed by atoms with Gasteiger partial charge in [0.2, 0.25) is 15.9 Å². The molecule has 1 amide bonds. The molecule has 134 valence electrons. The number of carbonyl (C=O) groups excluding carboxylic acids is 1. The second-order valence-electron chi connectivity index (χ2n) is 6.75. The van der Waals surface area contributed by atoms with E-state index in [1.807, 2.05) is 26.8 Å². The van der Waals surface area contributed by atoms with E-state index in [-0.39, 0.29) is 23.2 Å². The second kappa shape index (κ2) is 7.31. The third-order valence-electron chi connectivity index (χ3n) is 3.62. The molecule has 0 aliphatic heterocycles. The largest absolute Gasteiger partial charge is 0.480 e. The molecule has 0 saturated heterocycles. The van der Waals surface area contributed by atoms with Crippen LogP contribution < -0.4 is 10.5 Å². The minimum Gasteiger partial charge on any atom is -0.480 e. The van der Waals surface area contributed by atoms with Crippen LogP contribution in [-0.4, -0.2) is 31.4 Å². The lowest BCUT2D eigenvalue weighted by Gasteiger charge is -2.21. The summed E-state index contributed by atoms with van der Waals surface area (Å²) in [5.74, 6) is -2.05. The van der Waals surface area contributed by atoms with E-state index in [0.717, 1.165) is 5.56 Å². The Morgan fingerprint density at radius 1 is 1.29 bits per heavy atom. The van der Waals surface area contributed by atoms with Gasteiger partial charge in [-0.25, -0.2) is 8.42 Å². The van der Waals surface area contributed by atoms with Crippen molar-refractivity contribution in [2.75, 3.05) is 0 Å². The molecule has 1 rings (SSSR count). The topological polar surface area (TPSA) is 127 Å². The number of nitrogens with two attached hydrogens (primary N) is 1. The molecule has 1 aromatic carbocycles. The molecule has 24 heavy (non-hydrogen) atoms. The molecule has 0 radical (unpaired) electrons. The molecule has 0 aliphatic carbocycles. The summed E-state index contributed by atoms with van der Waals surface area (Å²) in [6.45, 7) is 7.50. The molecule has 1 atom stereocenters. The number of primary amides is 1. The Labute approximate surface area is 142 Å². The third kappa shape index (κ3) is 5.31. The number of carbonyl (C=O) groups is 2. The number of benzene rings is 1. The van der Waals surface area contributed by atoms with Crippen molar-refractivity contribution in [1.29, 1.82) is 0 Å². The Bertz CT molecular complexity index is 735. The number of carboxylic acids is 1. The maximum atomic E-state index is 12.6. The maximum absolute atomic E-state index is 12.6. The zero-order valence-electron chi connectivity index (χ0n) is 14.3. The highest BCUT2D eigenvalue weighted by Crippen LogP contribution is 2.26. The molecule has 0 aliphatic rings. The molecule has 0 spiro atoms. The van der Waals surface area contributed by atoms with Gasteiger partial charge in [-0.1, -0.05) is 32.9 Å². The van der Waals surface area contributed by atoms with Gasteiger partial charge in [0, 0.05) is 6.42 Å². The van der Waals surface area contributed by atoms with Crippen LogP contribution in [0.2, 0.25) is 0 Å². The van der Waals surface area contributed by atoms with Crippen LogP contribution in [0.5, 0.6) is 0 Å². The number of aryl methyl sites for hydroxylation is 1. The average Bonchev–Trinajstić information content (AvgIpc) is 2.41. The minimum atomic E-state index is -4.05. The van der Waals surface area contributed by atoms with Crippen LogP contribution in [0.3, 0.4) is 0 Å². The highest BCUT2D eigenvalue weighted by atomic mass is 32.2. The lowest BCUT2D eigenvalue weighted by atomic mass is 9.87. The summed E-state index contributed by atoms with van der Waals surface area (Å²) in [6, 6.07) is 3.66. The van der Waals surface area contributed by atoms with E-state index in [1.54, 1.807) is 19.1 Å². The predicted molar refractivity (Wildman–Crippen MR) is 90.1 cm³/mol. The fraction of sp³-hybridized carbons (Fsp3) is 0.500.